The quantitative estimate of drug-likeness (QED) is 0.457. The molecule has 1 atom stereocenters. The normalized spacial score (nSPS) is 13.5. The molecule has 9 heteroatoms. The summed E-state index contributed by atoms with van der Waals surface area (Å²) >= 11 is 0. The number of fused-ring (bicyclic) bond motifs is 1. The number of nitrogens with one attached hydrogen (secondary N) is 1. The SMILES string of the molecule is Cc1cc(C(C)N2Cc3c(ccnc3C(=O)NCCCO)C2=O)ncc1OCc1ccc(F)cc1. The average Bonchev–Trinajstić information content (AvgIpc) is 3.20. The molecular weight excluding hydrogens is 451 g/mol. The van der Waals surface area contributed by atoms with Crippen molar-refractivity contribution in [1.82, 2.24) is 20.2 Å². The van der Waals surface area contributed by atoms with Crippen LogP contribution in [0.1, 0.15) is 62.6 Å². The van der Waals surface area contributed by atoms with Crippen molar-refractivity contribution in [2.45, 2.75) is 39.5 Å². The van der Waals surface area contributed by atoms with Gasteiger partial charge in [0.15, 0.2) is 0 Å². The number of hydrogen-bond donors (Lipinski definition) is 2. The van der Waals surface area contributed by atoms with Crippen LogP contribution in [0.4, 0.5) is 4.39 Å². The molecule has 3 heterocycles. The molecule has 0 bridgehead atoms. The first-order chi connectivity index (χ1) is 16.9. The van der Waals surface area contributed by atoms with Gasteiger partial charge in [-0.15, -0.1) is 0 Å². The molecule has 8 nitrogen and oxygen atoms in total. The molecule has 3 aromatic rings. The minimum atomic E-state index is -0.366. The second-order valence-corrected chi connectivity index (χ2v) is 8.42. The number of aromatic nitrogens is 2. The van der Waals surface area contributed by atoms with Gasteiger partial charge in [-0.2, -0.15) is 0 Å². The van der Waals surface area contributed by atoms with E-state index in [0.717, 1.165) is 11.1 Å². The smallest absolute Gasteiger partial charge is 0.270 e. The highest BCUT2D eigenvalue weighted by Crippen LogP contribution is 2.33. The van der Waals surface area contributed by atoms with E-state index in [-0.39, 0.29) is 49.1 Å². The number of hydrogen-bond acceptors (Lipinski definition) is 6. The van der Waals surface area contributed by atoms with E-state index in [2.05, 4.69) is 15.3 Å². The van der Waals surface area contributed by atoms with Gasteiger partial charge in [-0.1, -0.05) is 12.1 Å². The summed E-state index contributed by atoms with van der Waals surface area (Å²) in [4.78, 5) is 36.1. The number of carbonyl (C=O) groups excluding carboxylic acids is 2. The summed E-state index contributed by atoms with van der Waals surface area (Å²) in [6.45, 7) is 4.62. The van der Waals surface area contributed by atoms with Gasteiger partial charge in [-0.05, 0) is 55.7 Å². The number of rotatable bonds is 9. The van der Waals surface area contributed by atoms with Crippen molar-refractivity contribution in [2.24, 2.45) is 0 Å². The number of aliphatic hydroxyl groups excluding tert-OH is 1. The predicted octanol–water partition coefficient (Wildman–Crippen LogP) is 3.33. The van der Waals surface area contributed by atoms with Crippen LogP contribution < -0.4 is 10.1 Å². The highest BCUT2D eigenvalue weighted by molar-refractivity contribution is 6.03. The summed E-state index contributed by atoms with van der Waals surface area (Å²) in [6.07, 6.45) is 3.53. The van der Waals surface area contributed by atoms with Gasteiger partial charge in [0, 0.05) is 37.0 Å². The third-order valence-corrected chi connectivity index (χ3v) is 6.00. The molecule has 0 fully saturated rings. The van der Waals surface area contributed by atoms with Gasteiger partial charge in [0.25, 0.3) is 11.8 Å². The summed E-state index contributed by atoms with van der Waals surface area (Å²) in [5, 5.41) is 11.7. The Hall–Kier alpha value is -3.85. The zero-order valence-electron chi connectivity index (χ0n) is 19.6. The lowest BCUT2D eigenvalue weighted by Gasteiger charge is -2.24. The van der Waals surface area contributed by atoms with E-state index >= 15 is 0 Å². The van der Waals surface area contributed by atoms with E-state index in [1.165, 1.54) is 18.3 Å². The van der Waals surface area contributed by atoms with Crippen molar-refractivity contribution in [3.63, 3.8) is 0 Å². The number of pyridine rings is 2. The number of aryl methyl sites for hydroxylation is 1. The zero-order valence-corrected chi connectivity index (χ0v) is 19.6. The van der Waals surface area contributed by atoms with Crippen LogP contribution >= 0.6 is 0 Å². The fourth-order valence-electron chi connectivity index (χ4n) is 3.97. The fraction of sp³-hybridized carbons (Fsp3) is 0.308. The van der Waals surface area contributed by atoms with Gasteiger partial charge in [0.2, 0.25) is 0 Å². The Morgan fingerprint density at radius 3 is 2.74 bits per heavy atom. The summed E-state index contributed by atoms with van der Waals surface area (Å²) in [5.41, 5.74) is 3.65. The molecule has 4 rings (SSSR count). The predicted molar refractivity (Wildman–Crippen MR) is 126 cm³/mol. The monoisotopic (exact) mass is 478 g/mol. The fourth-order valence-corrected chi connectivity index (χ4v) is 3.97. The van der Waals surface area contributed by atoms with E-state index in [1.54, 1.807) is 29.3 Å². The Morgan fingerprint density at radius 2 is 2.03 bits per heavy atom. The minimum absolute atomic E-state index is 0.0210. The van der Waals surface area contributed by atoms with Crippen LogP contribution in [-0.4, -0.2) is 44.9 Å². The highest BCUT2D eigenvalue weighted by atomic mass is 19.1. The Bertz CT molecular complexity index is 1230. The molecule has 1 unspecified atom stereocenters. The molecule has 0 spiro atoms. The maximum atomic E-state index is 13.1. The van der Waals surface area contributed by atoms with Crippen molar-refractivity contribution in [1.29, 1.82) is 0 Å². The number of ether oxygens (including phenoxy) is 1. The number of halogens is 1. The maximum absolute atomic E-state index is 13.1. The molecule has 1 aliphatic rings. The molecule has 182 valence electrons. The van der Waals surface area contributed by atoms with Gasteiger partial charge in [-0.3, -0.25) is 19.6 Å². The number of amides is 2. The summed E-state index contributed by atoms with van der Waals surface area (Å²) < 4.78 is 18.9. The summed E-state index contributed by atoms with van der Waals surface area (Å²) in [7, 11) is 0. The molecule has 2 N–H and O–H groups in total. The molecule has 0 saturated carbocycles. The minimum Gasteiger partial charge on any atom is -0.487 e. The van der Waals surface area contributed by atoms with Gasteiger partial charge in [0.1, 0.15) is 23.9 Å². The van der Waals surface area contributed by atoms with Gasteiger partial charge < -0.3 is 20.1 Å². The molecule has 2 amide bonds. The molecule has 1 aromatic carbocycles. The Kier molecular flexibility index (Phi) is 7.36. The zero-order chi connectivity index (χ0) is 24.9. The van der Waals surface area contributed by atoms with Crippen LogP contribution in [0.25, 0.3) is 0 Å². The van der Waals surface area contributed by atoms with Crippen molar-refractivity contribution in [3.8, 4) is 5.75 Å². The average molecular weight is 479 g/mol. The van der Waals surface area contributed by atoms with Crippen LogP contribution in [-0.2, 0) is 13.2 Å². The first kappa shape index (κ1) is 24.3. The lowest BCUT2D eigenvalue weighted by molar-refractivity contribution is 0.0711. The lowest BCUT2D eigenvalue weighted by atomic mass is 10.1. The number of nitrogens with zero attached hydrogens (tertiary/aromatic N) is 3. The van der Waals surface area contributed by atoms with Gasteiger partial charge >= 0.3 is 0 Å². The van der Waals surface area contributed by atoms with Crippen molar-refractivity contribution >= 4 is 11.8 Å². The molecule has 1 aliphatic heterocycles. The van der Waals surface area contributed by atoms with Gasteiger partial charge in [-0.25, -0.2) is 4.39 Å². The van der Waals surface area contributed by atoms with E-state index in [1.807, 2.05) is 19.9 Å². The Morgan fingerprint density at radius 1 is 1.26 bits per heavy atom. The van der Waals surface area contributed by atoms with Crippen molar-refractivity contribution in [3.05, 3.63) is 88.3 Å². The van der Waals surface area contributed by atoms with Crippen molar-refractivity contribution < 1.29 is 23.8 Å². The van der Waals surface area contributed by atoms with Crippen molar-refractivity contribution in [2.75, 3.05) is 13.2 Å². The summed E-state index contributed by atoms with van der Waals surface area (Å²) in [6, 6.07) is 9.27. The largest absolute Gasteiger partial charge is 0.487 e. The molecular formula is C26H27FN4O4. The van der Waals surface area contributed by atoms with Crippen LogP contribution in [0.2, 0.25) is 0 Å². The lowest BCUT2D eigenvalue weighted by Crippen LogP contribution is -2.28. The molecule has 0 aliphatic carbocycles. The number of benzene rings is 1. The highest BCUT2D eigenvalue weighted by Gasteiger charge is 2.35. The second-order valence-electron chi connectivity index (χ2n) is 8.42. The number of carbonyl (C=O) groups is 2. The molecule has 35 heavy (non-hydrogen) atoms. The van der Waals surface area contributed by atoms with E-state index in [0.29, 0.717) is 35.5 Å². The third-order valence-electron chi connectivity index (χ3n) is 6.00. The maximum Gasteiger partial charge on any atom is 0.270 e. The van der Waals surface area contributed by atoms with Gasteiger partial charge in [0.05, 0.1) is 17.9 Å². The van der Waals surface area contributed by atoms with E-state index < -0.39 is 0 Å². The molecule has 0 saturated heterocycles. The van der Waals surface area contributed by atoms with Crippen LogP contribution in [0, 0.1) is 12.7 Å². The standard InChI is InChI=1S/C26H27FN4O4/c1-16-12-22(30-13-23(16)35-15-18-4-6-19(27)7-5-18)17(2)31-14-21-20(26(31)34)8-10-28-24(21)25(33)29-9-3-11-32/h4-8,10,12-13,17,32H,3,9,11,14-15H2,1-2H3,(H,29,33). The topological polar surface area (TPSA) is 105 Å². The van der Waals surface area contributed by atoms with Crippen LogP contribution in [0.3, 0.4) is 0 Å². The molecule has 0 radical (unpaired) electrons. The number of aliphatic hydroxyl groups is 1. The first-order valence-electron chi connectivity index (χ1n) is 11.4. The second kappa shape index (κ2) is 10.6. The van der Waals surface area contributed by atoms with Crippen LogP contribution in [0.5, 0.6) is 5.75 Å². The van der Waals surface area contributed by atoms with E-state index in [9.17, 15) is 14.0 Å². The Balaban J connectivity index is 1.47. The van der Waals surface area contributed by atoms with Crippen LogP contribution in [0.15, 0.2) is 48.8 Å². The first-order valence-corrected chi connectivity index (χ1v) is 11.4. The molecule has 2 aromatic heterocycles. The van der Waals surface area contributed by atoms with E-state index in [4.69, 9.17) is 9.84 Å². The third kappa shape index (κ3) is 5.30. The Labute approximate surface area is 202 Å². The summed E-state index contributed by atoms with van der Waals surface area (Å²) in [5.74, 6) is -0.245.